The van der Waals surface area contributed by atoms with Crippen molar-refractivity contribution in [2.45, 2.75) is 44.3 Å². The van der Waals surface area contributed by atoms with Crippen molar-refractivity contribution < 1.29 is 0 Å². The Hall–Kier alpha value is -0.970. The van der Waals surface area contributed by atoms with Crippen molar-refractivity contribution in [3.63, 3.8) is 0 Å². The number of aromatic nitrogens is 1. The van der Waals surface area contributed by atoms with E-state index < -0.39 is 0 Å². The predicted molar refractivity (Wildman–Crippen MR) is 81.4 cm³/mol. The summed E-state index contributed by atoms with van der Waals surface area (Å²) in [6.07, 6.45) is 3.81. The molecule has 2 unspecified atom stereocenters. The van der Waals surface area contributed by atoms with E-state index in [1.165, 1.54) is 32.4 Å². The number of fused-ring (bicyclic) bond motifs is 1. The quantitative estimate of drug-likeness (QED) is 0.901. The van der Waals surface area contributed by atoms with Crippen molar-refractivity contribution in [3.05, 3.63) is 29.6 Å². The number of pyridine rings is 1. The third-order valence-corrected chi connectivity index (χ3v) is 5.27. The summed E-state index contributed by atoms with van der Waals surface area (Å²) in [6.45, 7) is 6.15. The van der Waals surface area contributed by atoms with Gasteiger partial charge in [0.15, 0.2) is 0 Å². The Balaban J connectivity index is 1.79. The van der Waals surface area contributed by atoms with Gasteiger partial charge in [-0.25, -0.2) is 0 Å². The van der Waals surface area contributed by atoms with Gasteiger partial charge in [-0.1, -0.05) is 6.07 Å². The van der Waals surface area contributed by atoms with Gasteiger partial charge < -0.3 is 5.73 Å². The monoisotopic (exact) mass is 274 g/mol. The fourth-order valence-corrected chi connectivity index (χ4v) is 4.13. The lowest BCUT2D eigenvalue weighted by Crippen LogP contribution is -2.58. The van der Waals surface area contributed by atoms with Gasteiger partial charge in [0.25, 0.3) is 0 Å². The molecule has 2 fully saturated rings. The van der Waals surface area contributed by atoms with Crippen molar-refractivity contribution >= 4 is 0 Å². The maximum Gasteiger partial charge on any atom is 0.0547 e. The van der Waals surface area contributed by atoms with E-state index in [1.807, 2.05) is 0 Å². The summed E-state index contributed by atoms with van der Waals surface area (Å²) in [5.74, 6) is 0. The summed E-state index contributed by atoms with van der Waals surface area (Å²) in [4.78, 5) is 9.73. The number of likely N-dealkylation sites (N-methyl/N-ethyl adjacent to an activating group) is 1. The molecule has 0 amide bonds. The van der Waals surface area contributed by atoms with Crippen LogP contribution in [0.15, 0.2) is 18.2 Å². The van der Waals surface area contributed by atoms with E-state index in [-0.39, 0.29) is 5.54 Å². The minimum Gasteiger partial charge on any atom is -0.329 e. The Bertz CT molecular complexity index is 475. The number of rotatable bonds is 4. The Morgan fingerprint density at radius 2 is 2.30 bits per heavy atom. The maximum atomic E-state index is 6.22. The molecule has 2 aliphatic rings. The van der Waals surface area contributed by atoms with E-state index in [0.717, 1.165) is 24.5 Å². The molecule has 0 aromatic carbocycles. The molecule has 20 heavy (non-hydrogen) atoms. The third kappa shape index (κ3) is 2.26. The molecule has 2 aliphatic heterocycles. The zero-order chi connectivity index (χ0) is 14.2. The highest BCUT2D eigenvalue weighted by Gasteiger charge is 2.50. The average Bonchev–Trinajstić information content (AvgIpc) is 3.00. The van der Waals surface area contributed by atoms with Crippen molar-refractivity contribution in [3.8, 4) is 0 Å². The molecule has 3 rings (SSSR count). The van der Waals surface area contributed by atoms with Gasteiger partial charge in [0.1, 0.15) is 0 Å². The van der Waals surface area contributed by atoms with E-state index in [1.54, 1.807) is 0 Å². The van der Waals surface area contributed by atoms with E-state index in [4.69, 9.17) is 5.73 Å². The standard InChI is InChI=1S/C16H26N4/c1-13-5-3-6-14(18-13)11-19(2)16(12-17)8-10-20-9-4-7-15(16)20/h3,5-6,15H,4,7-12,17H2,1-2H3. The molecule has 4 nitrogen and oxygen atoms in total. The Labute approximate surface area is 122 Å². The number of hydrogen-bond acceptors (Lipinski definition) is 4. The van der Waals surface area contributed by atoms with E-state index in [9.17, 15) is 0 Å². The highest BCUT2D eigenvalue weighted by atomic mass is 15.3. The first kappa shape index (κ1) is 14.0. The van der Waals surface area contributed by atoms with Crippen molar-refractivity contribution in [1.29, 1.82) is 0 Å². The van der Waals surface area contributed by atoms with Crippen LogP contribution in [0.2, 0.25) is 0 Å². The molecule has 4 heteroatoms. The minimum atomic E-state index is 0.141. The molecule has 2 atom stereocenters. The first-order chi connectivity index (χ1) is 9.65. The molecule has 0 radical (unpaired) electrons. The normalized spacial score (nSPS) is 30.1. The van der Waals surface area contributed by atoms with Crippen LogP contribution < -0.4 is 5.73 Å². The number of nitrogens with two attached hydrogens (primary N) is 1. The van der Waals surface area contributed by atoms with Crippen molar-refractivity contribution in [2.24, 2.45) is 5.73 Å². The first-order valence-electron chi connectivity index (χ1n) is 7.73. The van der Waals surface area contributed by atoms with Gasteiger partial charge in [-0.3, -0.25) is 14.8 Å². The first-order valence-corrected chi connectivity index (χ1v) is 7.73. The van der Waals surface area contributed by atoms with Crippen LogP contribution in [-0.4, -0.2) is 53.0 Å². The van der Waals surface area contributed by atoms with Crippen LogP contribution in [0, 0.1) is 6.92 Å². The second-order valence-electron chi connectivity index (χ2n) is 6.38. The summed E-state index contributed by atoms with van der Waals surface area (Å²) in [5.41, 5.74) is 8.60. The van der Waals surface area contributed by atoms with Gasteiger partial charge in [0.2, 0.25) is 0 Å². The van der Waals surface area contributed by atoms with Gasteiger partial charge in [0, 0.05) is 36.9 Å². The highest BCUT2D eigenvalue weighted by molar-refractivity contribution is 5.13. The molecule has 0 bridgehead atoms. The lowest BCUT2D eigenvalue weighted by atomic mass is 9.87. The summed E-state index contributed by atoms with van der Waals surface area (Å²) in [5, 5.41) is 0. The van der Waals surface area contributed by atoms with Crippen molar-refractivity contribution in [2.75, 3.05) is 26.7 Å². The zero-order valence-electron chi connectivity index (χ0n) is 12.7. The summed E-state index contributed by atoms with van der Waals surface area (Å²) in [7, 11) is 2.22. The summed E-state index contributed by atoms with van der Waals surface area (Å²) >= 11 is 0. The zero-order valence-corrected chi connectivity index (χ0v) is 12.7. The topological polar surface area (TPSA) is 45.4 Å². The molecule has 0 aliphatic carbocycles. The van der Waals surface area contributed by atoms with Crippen LogP contribution in [0.1, 0.15) is 30.7 Å². The highest BCUT2D eigenvalue weighted by Crippen LogP contribution is 2.39. The molecule has 0 spiro atoms. The lowest BCUT2D eigenvalue weighted by molar-refractivity contribution is 0.0829. The molecule has 1 aromatic heterocycles. The molecule has 110 valence electrons. The SMILES string of the molecule is Cc1cccc(CN(C)C2(CN)CCN3CCCC32)n1. The Morgan fingerprint density at radius 3 is 3.05 bits per heavy atom. The van der Waals surface area contributed by atoms with Crippen LogP contribution in [0.25, 0.3) is 0 Å². The molecule has 1 aromatic rings. The molecular formula is C16H26N4. The molecule has 3 heterocycles. The van der Waals surface area contributed by atoms with Gasteiger partial charge in [-0.2, -0.15) is 0 Å². The summed E-state index contributed by atoms with van der Waals surface area (Å²) < 4.78 is 0. The van der Waals surface area contributed by atoms with E-state index in [2.05, 4.69) is 47.0 Å². The van der Waals surface area contributed by atoms with Gasteiger partial charge in [0.05, 0.1) is 5.69 Å². The average molecular weight is 274 g/mol. The molecule has 2 N–H and O–H groups in total. The Morgan fingerprint density at radius 1 is 1.45 bits per heavy atom. The van der Waals surface area contributed by atoms with Crippen LogP contribution in [0.4, 0.5) is 0 Å². The lowest BCUT2D eigenvalue weighted by Gasteiger charge is -2.42. The fourth-order valence-electron chi connectivity index (χ4n) is 4.13. The Kier molecular flexibility index (Phi) is 3.80. The predicted octanol–water partition coefficient (Wildman–Crippen LogP) is 1.39. The van der Waals surface area contributed by atoms with E-state index in [0.29, 0.717) is 6.04 Å². The molecule has 0 saturated carbocycles. The number of nitrogens with zero attached hydrogens (tertiary/aromatic N) is 3. The van der Waals surface area contributed by atoms with Crippen molar-refractivity contribution in [1.82, 2.24) is 14.8 Å². The molecule has 2 saturated heterocycles. The smallest absolute Gasteiger partial charge is 0.0547 e. The second kappa shape index (κ2) is 5.43. The summed E-state index contributed by atoms with van der Waals surface area (Å²) in [6, 6.07) is 6.91. The third-order valence-electron chi connectivity index (χ3n) is 5.27. The second-order valence-corrected chi connectivity index (χ2v) is 6.38. The van der Waals surface area contributed by atoms with Crippen LogP contribution >= 0.6 is 0 Å². The van der Waals surface area contributed by atoms with Gasteiger partial charge in [-0.15, -0.1) is 0 Å². The maximum absolute atomic E-state index is 6.22. The number of aryl methyl sites for hydroxylation is 1. The van der Waals surface area contributed by atoms with Crippen LogP contribution in [0.3, 0.4) is 0 Å². The van der Waals surface area contributed by atoms with E-state index >= 15 is 0 Å². The molecular weight excluding hydrogens is 248 g/mol. The fraction of sp³-hybridized carbons (Fsp3) is 0.688. The van der Waals surface area contributed by atoms with Gasteiger partial charge in [-0.05, 0) is 51.9 Å². The van der Waals surface area contributed by atoms with Crippen LogP contribution in [0.5, 0.6) is 0 Å². The largest absolute Gasteiger partial charge is 0.329 e. The van der Waals surface area contributed by atoms with Gasteiger partial charge >= 0.3 is 0 Å². The van der Waals surface area contributed by atoms with Crippen LogP contribution in [-0.2, 0) is 6.54 Å². The number of hydrogen-bond donors (Lipinski definition) is 1. The minimum absolute atomic E-state index is 0.141.